The molecule has 2 aromatic heterocycles. The van der Waals surface area contributed by atoms with Crippen molar-refractivity contribution in [1.29, 1.82) is 0 Å². The number of nitrogens with one attached hydrogen (secondary N) is 1. The molecule has 0 aliphatic heterocycles. The lowest BCUT2D eigenvalue weighted by Crippen LogP contribution is -2.36. The number of likely N-dealkylation sites (N-methyl/N-ethyl adjacent to an activating group) is 1. The molecule has 2 aromatic rings. The summed E-state index contributed by atoms with van der Waals surface area (Å²) in [7, 11) is 1.67. The Bertz CT molecular complexity index is 734. The second kappa shape index (κ2) is 6.19. The van der Waals surface area contributed by atoms with E-state index in [0.29, 0.717) is 6.54 Å². The summed E-state index contributed by atoms with van der Waals surface area (Å²) in [6.07, 6.45) is 1.31. The van der Waals surface area contributed by atoms with Crippen LogP contribution >= 0.6 is 27.3 Å². The topological polar surface area (TPSA) is 75.2 Å². The predicted octanol–water partition coefficient (Wildman–Crippen LogP) is 1.02. The third-order valence-electron chi connectivity index (χ3n) is 2.65. The zero-order valence-electron chi connectivity index (χ0n) is 10.6. The molecule has 2 rings (SSSR count). The second-order valence-corrected chi connectivity index (χ2v) is 6.74. The molecule has 1 N–H and O–H groups in total. The Labute approximate surface area is 126 Å². The predicted molar refractivity (Wildman–Crippen MR) is 79.8 cm³/mol. The van der Waals surface area contributed by atoms with Gasteiger partial charge in [-0.2, -0.15) is 0 Å². The molecule has 106 valence electrons. The van der Waals surface area contributed by atoms with Crippen LogP contribution in [0, 0.1) is 0 Å². The fraction of sp³-hybridized carbons (Fsp3) is 0.250. The highest BCUT2D eigenvalue weighted by Crippen LogP contribution is 2.22. The van der Waals surface area contributed by atoms with Gasteiger partial charge >= 0.3 is 5.69 Å². The maximum absolute atomic E-state index is 12.0. The van der Waals surface area contributed by atoms with Gasteiger partial charge in [-0.1, -0.05) is 0 Å². The zero-order chi connectivity index (χ0) is 14.7. The number of hydrogen-bond donors (Lipinski definition) is 1. The van der Waals surface area contributed by atoms with Crippen LogP contribution in [0.5, 0.6) is 0 Å². The smallest absolute Gasteiger partial charge is 0.328 e. The first-order chi connectivity index (χ1) is 9.45. The summed E-state index contributed by atoms with van der Waals surface area (Å²) in [5.41, 5.74) is -1.06. The van der Waals surface area contributed by atoms with Crippen LogP contribution in [0.1, 0.15) is 4.88 Å². The Hall–Kier alpha value is -1.67. The van der Waals surface area contributed by atoms with Gasteiger partial charge in [0.1, 0.15) is 6.54 Å². The first-order valence-electron chi connectivity index (χ1n) is 5.73. The number of carbonyl (C=O) groups excluding carboxylic acids is 1. The van der Waals surface area contributed by atoms with E-state index in [2.05, 4.69) is 20.9 Å². The summed E-state index contributed by atoms with van der Waals surface area (Å²) >= 11 is 4.92. The van der Waals surface area contributed by atoms with E-state index in [4.69, 9.17) is 0 Å². The van der Waals surface area contributed by atoms with Gasteiger partial charge in [0.2, 0.25) is 5.91 Å². The van der Waals surface area contributed by atoms with Crippen molar-refractivity contribution in [3.05, 3.63) is 53.9 Å². The van der Waals surface area contributed by atoms with Gasteiger partial charge < -0.3 is 4.90 Å². The molecule has 0 spiro atoms. The standard InChI is InChI=1S/C12H12BrN3O3S/c1-15(6-8-2-3-9(13)20-8)11(18)7-16-5-4-10(17)14-12(16)19/h2-5H,6-7H2,1H3,(H,14,17,19). The van der Waals surface area contributed by atoms with Gasteiger partial charge in [0.15, 0.2) is 0 Å². The van der Waals surface area contributed by atoms with Crippen molar-refractivity contribution in [3.63, 3.8) is 0 Å². The minimum Gasteiger partial charge on any atom is -0.339 e. The number of thiophene rings is 1. The highest BCUT2D eigenvalue weighted by atomic mass is 79.9. The van der Waals surface area contributed by atoms with Crippen LogP contribution in [0.15, 0.2) is 37.8 Å². The molecular formula is C12H12BrN3O3S. The molecule has 0 atom stereocenters. The van der Waals surface area contributed by atoms with Crippen LogP contribution in [0.4, 0.5) is 0 Å². The summed E-state index contributed by atoms with van der Waals surface area (Å²) in [5.74, 6) is -0.205. The van der Waals surface area contributed by atoms with Crippen molar-refractivity contribution in [2.24, 2.45) is 0 Å². The van der Waals surface area contributed by atoms with E-state index < -0.39 is 11.2 Å². The number of amides is 1. The number of nitrogens with zero attached hydrogens (tertiary/aromatic N) is 2. The molecule has 0 aliphatic rings. The number of rotatable bonds is 4. The minimum atomic E-state index is -0.585. The Kier molecular flexibility index (Phi) is 4.56. The summed E-state index contributed by atoms with van der Waals surface area (Å²) in [5, 5.41) is 0. The highest BCUT2D eigenvalue weighted by molar-refractivity contribution is 9.11. The highest BCUT2D eigenvalue weighted by Gasteiger charge is 2.12. The van der Waals surface area contributed by atoms with Crippen LogP contribution in [-0.2, 0) is 17.9 Å². The number of H-pyrrole nitrogens is 1. The average molecular weight is 358 g/mol. The molecule has 6 nitrogen and oxygen atoms in total. The Morgan fingerprint density at radius 1 is 1.40 bits per heavy atom. The quantitative estimate of drug-likeness (QED) is 0.887. The summed E-state index contributed by atoms with van der Waals surface area (Å²) in [6, 6.07) is 5.07. The zero-order valence-corrected chi connectivity index (χ0v) is 13.0. The third kappa shape index (κ3) is 3.67. The summed E-state index contributed by atoms with van der Waals surface area (Å²) < 4.78 is 2.18. The maximum atomic E-state index is 12.0. The van der Waals surface area contributed by atoms with Crippen molar-refractivity contribution >= 4 is 33.2 Å². The molecular weight excluding hydrogens is 346 g/mol. The van der Waals surface area contributed by atoms with Gasteiger partial charge in [0, 0.05) is 24.2 Å². The molecule has 0 bridgehead atoms. The first kappa shape index (κ1) is 14.7. The number of aromatic amines is 1. The molecule has 2 heterocycles. The number of hydrogen-bond acceptors (Lipinski definition) is 4. The summed E-state index contributed by atoms with van der Waals surface area (Å²) in [6.45, 7) is 0.381. The lowest BCUT2D eigenvalue weighted by Gasteiger charge is -2.16. The lowest BCUT2D eigenvalue weighted by molar-refractivity contribution is -0.131. The molecule has 1 amide bonds. The lowest BCUT2D eigenvalue weighted by atomic mass is 10.4. The monoisotopic (exact) mass is 357 g/mol. The normalized spacial score (nSPS) is 10.5. The number of aromatic nitrogens is 2. The Morgan fingerprint density at radius 3 is 2.75 bits per heavy atom. The van der Waals surface area contributed by atoms with Gasteiger partial charge in [0.25, 0.3) is 5.56 Å². The largest absolute Gasteiger partial charge is 0.339 e. The van der Waals surface area contributed by atoms with E-state index in [1.807, 2.05) is 12.1 Å². The van der Waals surface area contributed by atoms with Gasteiger partial charge in [-0.15, -0.1) is 11.3 Å². The summed E-state index contributed by atoms with van der Waals surface area (Å²) in [4.78, 5) is 39.2. The van der Waals surface area contributed by atoms with E-state index in [-0.39, 0.29) is 12.5 Å². The van der Waals surface area contributed by atoms with E-state index in [1.54, 1.807) is 18.4 Å². The van der Waals surface area contributed by atoms with Crippen molar-refractivity contribution in [3.8, 4) is 0 Å². The minimum absolute atomic E-state index is 0.0986. The van der Waals surface area contributed by atoms with Crippen LogP contribution in [0.25, 0.3) is 0 Å². The van der Waals surface area contributed by atoms with Crippen LogP contribution in [-0.4, -0.2) is 27.4 Å². The molecule has 8 heteroatoms. The van der Waals surface area contributed by atoms with Crippen LogP contribution in [0.3, 0.4) is 0 Å². The van der Waals surface area contributed by atoms with E-state index in [1.165, 1.54) is 21.7 Å². The van der Waals surface area contributed by atoms with Gasteiger partial charge in [-0.25, -0.2) is 4.79 Å². The average Bonchev–Trinajstić information content (AvgIpc) is 2.78. The van der Waals surface area contributed by atoms with Gasteiger partial charge in [-0.05, 0) is 28.1 Å². The van der Waals surface area contributed by atoms with Crippen LogP contribution < -0.4 is 11.2 Å². The molecule has 0 aliphatic carbocycles. The molecule has 0 fully saturated rings. The number of halogens is 1. The third-order valence-corrected chi connectivity index (χ3v) is 4.26. The van der Waals surface area contributed by atoms with E-state index in [0.717, 1.165) is 8.66 Å². The second-order valence-electron chi connectivity index (χ2n) is 4.19. The fourth-order valence-electron chi connectivity index (χ4n) is 1.59. The molecule has 0 unspecified atom stereocenters. The van der Waals surface area contributed by atoms with Crippen molar-refractivity contribution in [2.75, 3.05) is 7.05 Å². The van der Waals surface area contributed by atoms with E-state index >= 15 is 0 Å². The Morgan fingerprint density at radius 2 is 2.15 bits per heavy atom. The van der Waals surface area contributed by atoms with E-state index in [9.17, 15) is 14.4 Å². The Balaban J connectivity index is 2.04. The van der Waals surface area contributed by atoms with Crippen molar-refractivity contribution < 1.29 is 4.79 Å². The number of carbonyl (C=O) groups is 1. The molecule has 0 aromatic carbocycles. The maximum Gasteiger partial charge on any atom is 0.328 e. The fourth-order valence-corrected chi connectivity index (χ4v) is 3.13. The van der Waals surface area contributed by atoms with Gasteiger partial charge in [-0.3, -0.25) is 19.1 Å². The molecule has 0 saturated heterocycles. The first-order valence-corrected chi connectivity index (χ1v) is 7.34. The van der Waals surface area contributed by atoms with Crippen molar-refractivity contribution in [1.82, 2.24) is 14.5 Å². The molecule has 20 heavy (non-hydrogen) atoms. The SMILES string of the molecule is CN(Cc1ccc(Br)s1)C(=O)Cn1ccc(=O)[nH]c1=O. The molecule has 0 radical (unpaired) electrons. The van der Waals surface area contributed by atoms with Crippen LogP contribution in [0.2, 0.25) is 0 Å². The molecule has 0 saturated carbocycles. The van der Waals surface area contributed by atoms with Crippen molar-refractivity contribution in [2.45, 2.75) is 13.1 Å². The van der Waals surface area contributed by atoms with Gasteiger partial charge in [0.05, 0.1) is 10.3 Å².